The van der Waals surface area contributed by atoms with Crippen molar-refractivity contribution < 1.29 is 28.5 Å². The van der Waals surface area contributed by atoms with Crippen LogP contribution in [0.1, 0.15) is 48.1 Å². The molecule has 3 heterocycles. The summed E-state index contributed by atoms with van der Waals surface area (Å²) in [6.45, 7) is 2.62. The fourth-order valence-corrected chi connectivity index (χ4v) is 5.15. The summed E-state index contributed by atoms with van der Waals surface area (Å²) >= 11 is 6.50. The van der Waals surface area contributed by atoms with Crippen LogP contribution < -0.4 is 9.47 Å². The van der Waals surface area contributed by atoms with Crippen molar-refractivity contribution in [1.82, 2.24) is 19.6 Å². The number of carbonyl (C=O) groups is 1. The number of nitrogens with zero attached hydrogens (tertiary/aromatic N) is 4. The monoisotopic (exact) mass is 566 g/mol. The number of hydrogen-bond donors (Lipinski definition) is 0. The molecule has 5 rings (SSSR count). The number of fused-ring (bicyclic) bond motifs is 3. The Bertz CT molecular complexity index is 1470. The van der Waals surface area contributed by atoms with Crippen LogP contribution in [0.15, 0.2) is 60.9 Å². The maximum absolute atomic E-state index is 11.6. The summed E-state index contributed by atoms with van der Waals surface area (Å²) in [7, 11) is 3.23. The number of methoxy groups -OCH3 is 2. The zero-order valence-corrected chi connectivity index (χ0v) is 23.3. The fourth-order valence-electron chi connectivity index (χ4n) is 4.97. The number of para-hydroxylation sites is 1. The second kappa shape index (κ2) is 12.5. The quantitative estimate of drug-likeness (QED) is 0.232. The first-order valence-electron chi connectivity index (χ1n) is 13.0. The lowest BCUT2D eigenvalue weighted by Crippen LogP contribution is -2.16. The first kappa shape index (κ1) is 27.7. The number of ether oxygens (including phenoxy) is 5. The summed E-state index contributed by atoms with van der Waals surface area (Å²) < 4.78 is 32.6. The second-order valence-corrected chi connectivity index (χ2v) is 9.57. The number of benzene rings is 2. The maximum Gasteiger partial charge on any atom is 0.332 e. The minimum Gasteiger partial charge on any atom is -0.493 e. The van der Waals surface area contributed by atoms with Crippen molar-refractivity contribution in [1.29, 1.82) is 0 Å². The van der Waals surface area contributed by atoms with E-state index < -0.39 is 12.1 Å². The second-order valence-electron chi connectivity index (χ2n) is 9.13. The van der Waals surface area contributed by atoms with Gasteiger partial charge in [0.25, 0.3) is 0 Å². The third-order valence-corrected chi connectivity index (χ3v) is 6.97. The van der Waals surface area contributed by atoms with Crippen LogP contribution in [-0.2, 0) is 32.2 Å². The van der Waals surface area contributed by atoms with Crippen LogP contribution in [0.3, 0.4) is 0 Å². The van der Waals surface area contributed by atoms with Gasteiger partial charge in [0, 0.05) is 28.9 Å². The number of carbonyl (C=O) groups excluding carboxylic acids is 1. The topological polar surface area (TPSA) is 98.9 Å². The maximum atomic E-state index is 11.6. The molecule has 0 N–H and O–H groups in total. The molecule has 4 aromatic rings. The van der Waals surface area contributed by atoms with Crippen LogP contribution in [0.4, 0.5) is 0 Å². The lowest BCUT2D eigenvalue weighted by atomic mass is 9.98. The zero-order chi connectivity index (χ0) is 28.1. The molecule has 1 aliphatic heterocycles. The summed E-state index contributed by atoms with van der Waals surface area (Å²) in [6.07, 6.45) is 3.42. The molecule has 2 atom stereocenters. The highest BCUT2D eigenvalue weighted by atomic mass is 35.5. The van der Waals surface area contributed by atoms with Crippen molar-refractivity contribution in [2.24, 2.45) is 0 Å². The highest BCUT2D eigenvalue weighted by Gasteiger charge is 2.33. The summed E-state index contributed by atoms with van der Waals surface area (Å²) in [6, 6.07) is 15.6. The predicted molar refractivity (Wildman–Crippen MR) is 147 cm³/mol. The molecular weight excluding hydrogens is 536 g/mol. The molecule has 1 aliphatic rings. The van der Waals surface area contributed by atoms with E-state index in [0.717, 1.165) is 28.2 Å². The number of halogens is 1. The Morgan fingerprint density at radius 3 is 2.77 bits per heavy atom. The number of aryl methyl sites for hydroxylation is 1. The Kier molecular flexibility index (Phi) is 8.69. The minimum absolute atomic E-state index is 0.136. The van der Waals surface area contributed by atoms with Gasteiger partial charge in [-0.3, -0.25) is 0 Å². The summed E-state index contributed by atoms with van der Waals surface area (Å²) in [5.74, 6) is 0.805. The van der Waals surface area contributed by atoms with Gasteiger partial charge in [-0.15, -0.1) is 5.10 Å². The number of aromatic nitrogens is 4. The van der Waals surface area contributed by atoms with Gasteiger partial charge in [0.05, 0.1) is 50.7 Å². The van der Waals surface area contributed by atoms with Crippen molar-refractivity contribution in [3.63, 3.8) is 0 Å². The molecule has 10 nitrogen and oxygen atoms in total. The normalized spacial score (nSPS) is 16.1. The molecule has 0 amide bonds. The van der Waals surface area contributed by atoms with Gasteiger partial charge in [0.15, 0.2) is 11.5 Å². The van der Waals surface area contributed by atoms with Crippen LogP contribution in [0.5, 0.6) is 11.5 Å². The van der Waals surface area contributed by atoms with Crippen LogP contribution >= 0.6 is 11.6 Å². The fraction of sp³-hybridized carbons (Fsp3) is 0.345. The molecule has 0 saturated carbocycles. The Hall–Kier alpha value is -3.86. The first-order chi connectivity index (χ1) is 19.5. The molecule has 0 fully saturated rings. The summed E-state index contributed by atoms with van der Waals surface area (Å²) in [5.41, 5.74) is 4.45. The summed E-state index contributed by atoms with van der Waals surface area (Å²) in [4.78, 5) is 11.6. The molecule has 0 bridgehead atoms. The molecule has 2 aromatic carbocycles. The summed E-state index contributed by atoms with van der Waals surface area (Å²) in [5, 5.41) is 8.89. The molecule has 0 radical (unpaired) electrons. The van der Waals surface area contributed by atoms with E-state index in [1.54, 1.807) is 32.0 Å². The van der Waals surface area contributed by atoms with E-state index in [1.165, 1.54) is 0 Å². The standard InChI is InChI=1S/C29H31ClN4O6/c1-4-39-27(35)18-38-17-20-16-31-32-34(20)14-12-25-24-8-6-13-33(24)23-11-10-19(30)15-22(23)28(40-25)21-7-5-9-26(36-2)29(21)37-3/h5-11,13,15-16,25,28H,4,12,14,17-18H2,1-3H3/t25-,28-/m1/s1. The van der Waals surface area contributed by atoms with Crippen molar-refractivity contribution in [2.45, 2.75) is 38.7 Å². The van der Waals surface area contributed by atoms with E-state index in [4.69, 9.17) is 35.3 Å². The van der Waals surface area contributed by atoms with Crippen LogP contribution in [0.2, 0.25) is 5.02 Å². The SMILES string of the molecule is CCOC(=O)COCc1cnnn1CC[C@H]1O[C@H](c2cccc(OC)c2OC)c2cc(Cl)ccc2-n2cccc21. The van der Waals surface area contributed by atoms with Gasteiger partial charge in [-0.2, -0.15) is 0 Å². The van der Waals surface area contributed by atoms with Crippen LogP contribution in [0, 0.1) is 0 Å². The Morgan fingerprint density at radius 1 is 1.10 bits per heavy atom. The van der Waals surface area contributed by atoms with Gasteiger partial charge in [0.2, 0.25) is 0 Å². The first-order valence-corrected chi connectivity index (χ1v) is 13.4. The van der Waals surface area contributed by atoms with E-state index in [0.29, 0.717) is 36.1 Å². The van der Waals surface area contributed by atoms with E-state index in [1.807, 2.05) is 48.7 Å². The van der Waals surface area contributed by atoms with Crippen molar-refractivity contribution >= 4 is 17.6 Å². The highest BCUT2D eigenvalue weighted by molar-refractivity contribution is 6.30. The lowest BCUT2D eigenvalue weighted by Gasteiger charge is -2.25. The van der Waals surface area contributed by atoms with E-state index in [-0.39, 0.29) is 19.3 Å². The highest BCUT2D eigenvalue weighted by Crippen LogP contribution is 2.46. The van der Waals surface area contributed by atoms with Crippen molar-refractivity contribution in [3.05, 3.63) is 88.5 Å². The Balaban J connectivity index is 1.45. The smallest absolute Gasteiger partial charge is 0.332 e. The largest absolute Gasteiger partial charge is 0.493 e. The zero-order valence-electron chi connectivity index (χ0n) is 22.6. The van der Waals surface area contributed by atoms with Gasteiger partial charge >= 0.3 is 5.97 Å². The van der Waals surface area contributed by atoms with Gasteiger partial charge in [-0.05, 0) is 49.7 Å². The average molecular weight is 567 g/mol. The molecule has 210 valence electrons. The number of esters is 1. The number of rotatable bonds is 11. The van der Waals surface area contributed by atoms with E-state index in [9.17, 15) is 4.79 Å². The molecular formula is C29H31ClN4O6. The molecule has 0 spiro atoms. The molecule has 2 aromatic heterocycles. The van der Waals surface area contributed by atoms with Gasteiger partial charge in [-0.1, -0.05) is 28.9 Å². The lowest BCUT2D eigenvalue weighted by molar-refractivity contribution is -0.148. The minimum atomic E-state index is -0.494. The van der Waals surface area contributed by atoms with Crippen molar-refractivity contribution in [3.8, 4) is 17.2 Å². The van der Waals surface area contributed by atoms with E-state index in [2.05, 4.69) is 20.9 Å². The molecule has 40 heavy (non-hydrogen) atoms. The van der Waals surface area contributed by atoms with Crippen LogP contribution in [0.25, 0.3) is 5.69 Å². The van der Waals surface area contributed by atoms with Crippen molar-refractivity contribution in [2.75, 3.05) is 27.4 Å². The molecule has 0 saturated heterocycles. The molecule has 0 unspecified atom stereocenters. The third kappa shape index (κ3) is 5.70. The molecule has 11 heteroatoms. The van der Waals surface area contributed by atoms with Crippen LogP contribution in [-0.4, -0.2) is 53.0 Å². The van der Waals surface area contributed by atoms with E-state index >= 15 is 0 Å². The predicted octanol–water partition coefficient (Wildman–Crippen LogP) is 5.07. The Labute approximate surface area is 237 Å². The van der Waals surface area contributed by atoms with Gasteiger partial charge < -0.3 is 28.3 Å². The Morgan fingerprint density at radius 2 is 1.98 bits per heavy atom. The molecule has 0 aliphatic carbocycles. The van der Waals surface area contributed by atoms with Gasteiger partial charge in [0.1, 0.15) is 18.8 Å². The number of hydrogen-bond acceptors (Lipinski definition) is 8. The third-order valence-electron chi connectivity index (χ3n) is 6.73. The van der Waals surface area contributed by atoms with Gasteiger partial charge in [-0.25, -0.2) is 9.48 Å². The average Bonchev–Trinajstić information content (AvgIpc) is 3.60.